The van der Waals surface area contributed by atoms with Crippen LogP contribution in [0.15, 0.2) is 9.70 Å². The van der Waals surface area contributed by atoms with Gasteiger partial charge in [-0.3, -0.25) is 23.9 Å². The summed E-state index contributed by atoms with van der Waals surface area (Å²) in [6.45, 7) is 8.49. The maximum absolute atomic E-state index is 13.2. The van der Waals surface area contributed by atoms with Crippen molar-refractivity contribution in [1.29, 1.82) is 5.26 Å². The Morgan fingerprint density at radius 3 is 2.56 bits per heavy atom. The predicted molar refractivity (Wildman–Crippen MR) is 144 cm³/mol. The van der Waals surface area contributed by atoms with Crippen LogP contribution in [-0.2, 0) is 26.1 Å². The Hall–Kier alpha value is -2.68. The summed E-state index contributed by atoms with van der Waals surface area (Å²) < 4.78 is 12.5. The topological polar surface area (TPSA) is 105 Å². The molecule has 1 aromatic rings. The molecule has 0 bridgehead atoms. The van der Waals surface area contributed by atoms with E-state index >= 15 is 0 Å². The molecule has 2 aliphatic rings. The molecule has 3 rings (SSSR count). The van der Waals surface area contributed by atoms with Gasteiger partial charge in [0.1, 0.15) is 21.8 Å². The molecule has 3 heterocycles. The highest BCUT2D eigenvalue weighted by Crippen LogP contribution is 2.36. The fraction of sp³-hybridized carbons (Fsp3) is 0.560. The van der Waals surface area contributed by atoms with Gasteiger partial charge in [0.25, 0.3) is 11.5 Å². The van der Waals surface area contributed by atoms with Crippen molar-refractivity contribution >= 4 is 52.1 Å². The molecule has 0 spiro atoms. The molecule has 2 aliphatic heterocycles. The van der Waals surface area contributed by atoms with Crippen LogP contribution in [0.1, 0.15) is 49.8 Å². The first-order valence-corrected chi connectivity index (χ1v) is 13.4. The molecule has 0 aromatic carbocycles. The van der Waals surface area contributed by atoms with Crippen LogP contribution in [0.5, 0.6) is 0 Å². The Labute approximate surface area is 221 Å². The maximum atomic E-state index is 13.2. The molecule has 0 saturated carbocycles. The number of ether oxygens (including phenoxy) is 2. The van der Waals surface area contributed by atoms with Crippen LogP contribution >= 0.6 is 24.0 Å². The SMILES string of the molecule is CCOCCCN1C(=O)/C(=C/c2c(C)c(C#N)c(=O)n(C)c2N2CCC(C(=O)OCC)CC2)SC1=S. The van der Waals surface area contributed by atoms with Gasteiger partial charge in [0, 0.05) is 45.5 Å². The average Bonchev–Trinajstić information content (AvgIpc) is 3.13. The molecule has 0 N–H and O–H groups in total. The van der Waals surface area contributed by atoms with Crippen molar-refractivity contribution in [3.63, 3.8) is 0 Å². The quantitative estimate of drug-likeness (QED) is 0.205. The standard InChI is InChI=1S/C25H32N4O5S2/c1-5-33-13-7-10-29-23(31)20(36-25(29)35)14-18-16(3)19(15-26)22(30)27(4)21(18)28-11-8-17(9-12-28)24(32)34-6-2/h14,17H,5-13H2,1-4H3/b20-14-. The zero-order valence-electron chi connectivity index (χ0n) is 21.2. The molecule has 0 atom stereocenters. The van der Waals surface area contributed by atoms with Crippen LogP contribution in [0.4, 0.5) is 5.82 Å². The second-order valence-electron chi connectivity index (χ2n) is 8.61. The van der Waals surface area contributed by atoms with Crippen molar-refractivity contribution in [2.75, 3.05) is 44.4 Å². The van der Waals surface area contributed by atoms with Gasteiger partial charge in [0.15, 0.2) is 0 Å². The number of carbonyl (C=O) groups is 2. The van der Waals surface area contributed by atoms with Crippen LogP contribution in [0, 0.1) is 24.2 Å². The number of thiocarbonyl (C=S) groups is 1. The lowest BCUT2D eigenvalue weighted by atomic mass is 9.95. The molecule has 2 saturated heterocycles. The van der Waals surface area contributed by atoms with Gasteiger partial charge in [-0.15, -0.1) is 0 Å². The summed E-state index contributed by atoms with van der Waals surface area (Å²) >= 11 is 6.67. The monoisotopic (exact) mass is 532 g/mol. The number of hydrogen-bond acceptors (Lipinski definition) is 9. The highest BCUT2D eigenvalue weighted by Gasteiger charge is 2.34. The molecular formula is C25H32N4O5S2. The zero-order valence-corrected chi connectivity index (χ0v) is 22.8. The van der Waals surface area contributed by atoms with Gasteiger partial charge in [-0.05, 0) is 51.7 Å². The summed E-state index contributed by atoms with van der Waals surface area (Å²) in [6.07, 6.45) is 3.59. The number of nitriles is 1. The molecule has 0 unspecified atom stereocenters. The molecule has 0 aliphatic carbocycles. The first-order valence-electron chi connectivity index (χ1n) is 12.1. The molecule has 194 valence electrons. The first kappa shape index (κ1) is 27.9. The van der Waals surface area contributed by atoms with Gasteiger partial charge in [-0.1, -0.05) is 24.0 Å². The fourth-order valence-corrected chi connectivity index (χ4v) is 5.76. The number of hydrogen-bond donors (Lipinski definition) is 0. The van der Waals surface area contributed by atoms with Crippen molar-refractivity contribution in [2.45, 2.75) is 40.0 Å². The van der Waals surface area contributed by atoms with Gasteiger partial charge < -0.3 is 14.4 Å². The Kier molecular flexibility index (Phi) is 9.70. The number of carbonyl (C=O) groups excluding carboxylic acids is 2. The molecule has 9 nitrogen and oxygen atoms in total. The smallest absolute Gasteiger partial charge is 0.309 e. The Balaban J connectivity index is 1.96. The van der Waals surface area contributed by atoms with E-state index in [1.165, 1.54) is 16.3 Å². The molecule has 36 heavy (non-hydrogen) atoms. The lowest BCUT2D eigenvalue weighted by Crippen LogP contribution is -2.40. The van der Waals surface area contributed by atoms with Gasteiger partial charge in [0.2, 0.25) is 0 Å². The highest BCUT2D eigenvalue weighted by molar-refractivity contribution is 8.26. The van der Waals surface area contributed by atoms with E-state index in [0.717, 1.165) is 0 Å². The van der Waals surface area contributed by atoms with E-state index in [1.54, 1.807) is 31.9 Å². The molecule has 11 heteroatoms. The van der Waals surface area contributed by atoms with Crippen LogP contribution in [0.25, 0.3) is 6.08 Å². The number of amides is 1. The van der Waals surface area contributed by atoms with E-state index in [9.17, 15) is 19.6 Å². The van der Waals surface area contributed by atoms with Crippen molar-refractivity contribution in [2.24, 2.45) is 13.0 Å². The number of anilines is 1. The number of rotatable bonds is 9. The molecular weight excluding hydrogens is 500 g/mol. The van der Waals surface area contributed by atoms with E-state index in [0.29, 0.717) is 84.9 Å². The van der Waals surface area contributed by atoms with Crippen LogP contribution < -0.4 is 10.5 Å². The number of piperidine rings is 1. The van der Waals surface area contributed by atoms with E-state index in [1.807, 2.05) is 17.9 Å². The molecule has 1 aromatic heterocycles. The second kappa shape index (κ2) is 12.5. The number of thioether (sulfide) groups is 1. The zero-order chi connectivity index (χ0) is 26.4. The van der Waals surface area contributed by atoms with Crippen molar-refractivity contribution in [1.82, 2.24) is 9.47 Å². The van der Waals surface area contributed by atoms with E-state index in [4.69, 9.17) is 21.7 Å². The minimum Gasteiger partial charge on any atom is -0.466 e. The second-order valence-corrected chi connectivity index (χ2v) is 10.3. The first-order chi connectivity index (χ1) is 17.2. The van der Waals surface area contributed by atoms with Gasteiger partial charge in [-0.2, -0.15) is 5.26 Å². The molecule has 2 fully saturated rings. The largest absolute Gasteiger partial charge is 0.466 e. The van der Waals surface area contributed by atoms with Crippen molar-refractivity contribution < 1.29 is 19.1 Å². The maximum Gasteiger partial charge on any atom is 0.309 e. The Bertz CT molecular complexity index is 1160. The van der Waals surface area contributed by atoms with E-state index in [-0.39, 0.29) is 23.4 Å². The summed E-state index contributed by atoms with van der Waals surface area (Å²) in [4.78, 5) is 42.4. The lowest BCUT2D eigenvalue weighted by Gasteiger charge is -2.35. The van der Waals surface area contributed by atoms with Gasteiger partial charge in [-0.25, -0.2) is 0 Å². The fourth-order valence-electron chi connectivity index (χ4n) is 4.47. The van der Waals surface area contributed by atoms with E-state index < -0.39 is 5.56 Å². The van der Waals surface area contributed by atoms with Crippen LogP contribution in [0.3, 0.4) is 0 Å². The Morgan fingerprint density at radius 2 is 1.94 bits per heavy atom. The number of pyridine rings is 1. The minimum atomic E-state index is -0.391. The van der Waals surface area contributed by atoms with Crippen LogP contribution in [-0.4, -0.2) is 65.1 Å². The van der Waals surface area contributed by atoms with Gasteiger partial charge in [0.05, 0.1) is 17.4 Å². The molecule has 0 radical (unpaired) electrons. The highest BCUT2D eigenvalue weighted by atomic mass is 32.2. The summed E-state index contributed by atoms with van der Waals surface area (Å²) in [7, 11) is 1.63. The van der Waals surface area contributed by atoms with Gasteiger partial charge >= 0.3 is 5.97 Å². The third-order valence-corrected chi connectivity index (χ3v) is 7.78. The van der Waals surface area contributed by atoms with Crippen molar-refractivity contribution in [3.8, 4) is 6.07 Å². The normalized spacial score (nSPS) is 17.7. The third kappa shape index (κ3) is 5.82. The van der Waals surface area contributed by atoms with E-state index in [2.05, 4.69) is 0 Å². The predicted octanol–water partition coefficient (Wildman–Crippen LogP) is 2.97. The Morgan fingerprint density at radius 1 is 1.25 bits per heavy atom. The van der Waals surface area contributed by atoms with Crippen LogP contribution in [0.2, 0.25) is 0 Å². The average molecular weight is 533 g/mol. The van der Waals surface area contributed by atoms with Crippen molar-refractivity contribution in [3.05, 3.63) is 31.9 Å². The summed E-state index contributed by atoms with van der Waals surface area (Å²) in [6, 6.07) is 2.02. The third-order valence-electron chi connectivity index (χ3n) is 6.41. The number of esters is 1. The summed E-state index contributed by atoms with van der Waals surface area (Å²) in [5, 5.41) is 9.67. The number of aromatic nitrogens is 1. The molecule has 1 amide bonds. The number of nitrogens with zero attached hydrogens (tertiary/aromatic N) is 4. The summed E-state index contributed by atoms with van der Waals surface area (Å²) in [5.41, 5.74) is 0.807. The summed E-state index contributed by atoms with van der Waals surface area (Å²) in [5.74, 6) is 0.0463. The lowest BCUT2D eigenvalue weighted by molar-refractivity contribution is -0.148. The minimum absolute atomic E-state index is 0.0427.